The second kappa shape index (κ2) is 4.87. The maximum absolute atomic E-state index is 12.7. The topological polar surface area (TPSA) is 0 Å². The van der Waals surface area contributed by atoms with Gasteiger partial charge in [0.15, 0.2) is 0 Å². The zero-order valence-electron chi connectivity index (χ0n) is 8.21. The number of hydrogen-bond acceptors (Lipinski definition) is 1. The van der Waals surface area contributed by atoms with Crippen LogP contribution in [0, 0.1) is 3.57 Å². The molecule has 0 atom stereocenters. The van der Waals surface area contributed by atoms with E-state index in [1.54, 1.807) is 0 Å². The molecule has 0 nitrogen and oxygen atoms in total. The predicted octanol–water partition coefficient (Wildman–Crippen LogP) is 5.05. The minimum absolute atomic E-state index is 0.213. The van der Waals surface area contributed by atoms with Crippen LogP contribution in [0.5, 0.6) is 0 Å². The number of thioether (sulfide) groups is 1. The molecular weight excluding hydrogens is 381 g/mol. The molecule has 0 saturated heterocycles. The Hall–Kier alpha value is -0.120. The van der Waals surface area contributed by atoms with Crippen LogP contribution in [-0.2, 0) is 12.4 Å². The molecule has 0 fully saturated rings. The van der Waals surface area contributed by atoms with Gasteiger partial charge in [-0.25, -0.2) is 0 Å². The number of benzene rings is 1. The molecule has 0 amide bonds. The average Bonchev–Trinajstić information content (AvgIpc) is 2.12. The molecule has 17 heavy (non-hydrogen) atoms. The summed E-state index contributed by atoms with van der Waals surface area (Å²) in [5, 5.41) is 0. The monoisotopic (exact) mass is 386 g/mol. The number of halogens is 7. The smallest absolute Gasteiger partial charge is 0.166 e. The zero-order chi connectivity index (χ0) is 13.4. The Morgan fingerprint density at radius 2 is 1.53 bits per heavy atom. The van der Waals surface area contributed by atoms with Crippen LogP contribution in [0.3, 0.4) is 0 Å². The standard InChI is InChI=1S/C9H5F6IS/c1-17-5-3-2-4(8(10,11)12)7(16)6(5)9(13,14)15/h2-3H,1H3. The summed E-state index contributed by atoms with van der Waals surface area (Å²) in [6, 6.07) is 1.52. The molecule has 0 heterocycles. The quantitative estimate of drug-likeness (QED) is 0.370. The summed E-state index contributed by atoms with van der Waals surface area (Å²) in [6.45, 7) is 0. The fourth-order valence-corrected chi connectivity index (χ4v) is 3.10. The van der Waals surface area contributed by atoms with Gasteiger partial charge in [0, 0.05) is 8.47 Å². The number of hydrogen-bond donors (Lipinski definition) is 0. The molecule has 8 heteroatoms. The fraction of sp³-hybridized carbons (Fsp3) is 0.333. The van der Waals surface area contributed by atoms with Crippen molar-refractivity contribution in [1.82, 2.24) is 0 Å². The molecule has 1 rings (SSSR count). The Balaban J connectivity index is 3.55. The summed E-state index contributed by atoms with van der Waals surface area (Å²) in [5.41, 5.74) is -2.48. The summed E-state index contributed by atoms with van der Waals surface area (Å²) in [4.78, 5) is -0.213. The van der Waals surface area contributed by atoms with Crippen LogP contribution in [0.15, 0.2) is 17.0 Å². The van der Waals surface area contributed by atoms with E-state index in [1.807, 2.05) is 0 Å². The van der Waals surface area contributed by atoms with E-state index in [0.717, 1.165) is 40.4 Å². The summed E-state index contributed by atoms with van der Waals surface area (Å²) < 4.78 is 74.6. The van der Waals surface area contributed by atoms with Crippen molar-refractivity contribution in [3.8, 4) is 0 Å². The molecule has 1 aromatic carbocycles. The normalized spacial score (nSPS) is 12.9. The predicted molar refractivity (Wildman–Crippen MR) is 60.9 cm³/mol. The summed E-state index contributed by atoms with van der Waals surface area (Å²) >= 11 is 1.85. The van der Waals surface area contributed by atoms with Gasteiger partial charge < -0.3 is 0 Å². The third-order valence-corrected chi connectivity index (χ3v) is 3.81. The minimum Gasteiger partial charge on any atom is -0.166 e. The molecular formula is C9H5F6IS. The van der Waals surface area contributed by atoms with Crippen LogP contribution in [-0.4, -0.2) is 6.26 Å². The lowest BCUT2D eigenvalue weighted by molar-refractivity contribution is -0.145. The Morgan fingerprint density at radius 1 is 1.00 bits per heavy atom. The van der Waals surface area contributed by atoms with E-state index < -0.39 is 27.0 Å². The van der Waals surface area contributed by atoms with Gasteiger partial charge in [0.05, 0.1) is 11.1 Å². The van der Waals surface area contributed by atoms with Crippen molar-refractivity contribution < 1.29 is 26.3 Å². The van der Waals surface area contributed by atoms with Crippen molar-refractivity contribution in [2.75, 3.05) is 6.26 Å². The largest absolute Gasteiger partial charge is 0.418 e. The number of rotatable bonds is 1. The lowest BCUT2D eigenvalue weighted by Gasteiger charge is -2.17. The lowest BCUT2D eigenvalue weighted by atomic mass is 10.1. The Kier molecular flexibility index (Phi) is 4.28. The molecule has 1 aromatic rings. The van der Waals surface area contributed by atoms with Crippen molar-refractivity contribution in [2.45, 2.75) is 17.2 Å². The molecule has 0 spiro atoms. The Bertz CT molecular complexity index is 423. The van der Waals surface area contributed by atoms with E-state index in [-0.39, 0.29) is 4.90 Å². The molecule has 0 aliphatic rings. The number of alkyl halides is 6. The van der Waals surface area contributed by atoms with Gasteiger partial charge in [-0.1, -0.05) is 0 Å². The maximum Gasteiger partial charge on any atom is 0.418 e. The van der Waals surface area contributed by atoms with Gasteiger partial charge in [-0.2, -0.15) is 26.3 Å². The first-order valence-electron chi connectivity index (χ1n) is 4.10. The SMILES string of the molecule is CSc1ccc(C(F)(F)F)c(I)c1C(F)(F)F. The summed E-state index contributed by atoms with van der Waals surface area (Å²) in [6.07, 6.45) is -8.20. The third kappa shape index (κ3) is 3.21. The highest BCUT2D eigenvalue weighted by Crippen LogP contribution is 2.43. The molecule has 0 radical (unpaired) electrons. The van der Waals surface area contributed by atoms with E-state index in [1.165, 1.54) is 6.26 Å². The van der Waals surface area contributed by atoms with Crippen LogP contribution in [0.2, 0.25) is 0 Å². The minimum atomic E-state index is -4.80. The summed E-state index contributed by atoms with van der Waals surface area (Å²) in [7, 11) is 0. The van der Waals surface area contributed by atoms with E-state index in [4.69, 9.17) is 0 Å². The Morgan fingerprint density at radius 3 is 1.88 bits per heavy atom. The first kappa shape index (κ1) is 14.9. The van der Waals surface area contributed by atoms with Crippen molar-refractivity contribution in [3.63, 3.8) is 0 Å². The first-order valence-corrected chi connectivity index (χ1v) is 6.40. The van der Waals surface area contributed by atoms with Gasteiger partial charge in [-0.05, 0) is 41.0 Å². The van der Waals surface area contributed by atoms with Crippen LogP contribution in [0.1, 0.15) is 11.1 Å². The molecule has 0 unspecified atom stereocenters. The van der Waals surface area contributed by atoms with Crippen molar-refractivity contribution in [3.05, 3.63) is 26.8 Å². The lowest BCUT2D eigenvalue weighted by Crippen LogP contribution is -2.15. The van der Waals surface area contributed by atoms with Gasteiger partial charge >= 0.3 is 12.4 Å². The van der Waals surface area contributed by atoms with Gasteiger partial charge in [-0.15, -0.1) is 11.8 Å². The molecule has 0 aliphatic heterocycles. The highest BCUT2D eigenvalue weighted by Gasteiger charge is 2.41. The van der Waals surface area contributed by atoms with E-state index >= 15 is 0 Å². The van der Waals surface area contributed by atoms with Crippen LogP contribution >= 0.6 is 34.4 Å². The second-order valence-corrected chi connectivity index (χ2v) is 4.93. The van der Waals surface area contributed by atoms with E-state index in [0.29, 0.717) is 6.07 Å². The molecule has 0 saturated carbocycles. The second-order valence-electron chi connectivity index (χ2n) is 3.00. The van der Waals surface area contributed by atoms with Crippen molar-refractivity contribution >= 4 is 34.4 Å². The van der Waals surface area contributed by atoms with Crippen LogP contribution < -0.4 is 0 Å². The van der Waals surface area contributed by atoms with Gasteiger partial charge in [-0.3, -0.25) is 0 Å². The third-order valence-electron chi connectivity index (χ3n) is 1.91. The highest BCUT2D eigenvalue weighted by molar-refractivity contribution is 14.1. The molecule has 96 valence electrons. The van der Waals surface area contributed by atoms with Crippen molar-refractivity contribution in [1.29, 1.82) is 0 Å². The maximum atomic E-state index is 12.7. The zero-order valence-corrected chi connectivity index (χ0v) is 11.2. The van der Waals surface area contributed by atoms with Gasteiger partial charge in [0.25, 0.3) is 0 Å². The molecule has 0 aromatic heterocycles. The molecule has 0 aliphatic carbocycles. The average molecular weight is 386 g/mol. The Labute approximate surface area is 111 Å². The first-order chi connectivity index (χ1) is 7.59. The molecule has 0 N–H and O–H groups in total. The van der Waals surface area contributed by atoms with E-state index in [2.05, 4.69) is 0 Å². The molecule has 0 bridgehead atoms. The van der Waals surface area contributed by atoms with E-state index in [9.17, 15) is 26.3 Å². The van der Waals surface area contributed by atoms with Gasteiger partial charge in [0.1, 0.15) is 0 Å². The van der Waals surface area contributed by atoms with Crippen LogP contribution in [0.4, 0.5) is 26.3 Å². The summed E-state index contributed by atoms with van der Waals surface area (Å²) in [5.74, 6) is 0. The van der Waals surface area contributed by atoms with Crippen molar-refractivity contribution in [2.24, 2.45) is 0 Å². The van der Waals surface area contributed by atoms with Gasteiger partial charge in [0.2, 0.25) is 0 Å². The van der Waals surface area contributed by atoms with Crippen LogP contribution in [0.25, 0.3) is 0 Å². The highest BCUT2D eigenvalue weighted by atomic mass is 127. The fourth-order valence-electron chi connectivity index (χ4n) is 1.21.